The summed E-state index contributed by atoms with van der Waals surface area (Å²) in [6.07, 6.45) is -2.84. The molecule has 0 aromatic heterocycles. The SMILES string of the molecule is N#C[C@@H](C[C@@H]1CCCNC1=O)NC(=O)[C@H]1[C@@H]2CC[C@@H](CC2(F)F)N1C(=O)[C@@H](CC1CCC1)NC(=O)C(F)(F)F. The van der Waals surface area contributed by atoms with Crippen LogP contribution in [-0.4, -0.2) is 71.3 Å². The van der Waals surface area contributed by atoms with Crippen LogP contribution in [0.25, 0.3) is 0 Å². The molecule has 6 atom stereocenters. The van der Waals surface area contributed by atoms with Crippen molar-refractivity contribution in [2.24, 2.45) is 17.8 Å². The van der Waals surface area contributed by atoms with Crippen molar-refractivity contribution in [3.63, 3.8) is 0 Å². The van der Waals surface area contributed by atoms with Gasteiger partial charge in [-0.25, -0.2) is 8.78 Å². The highest BCUT2D eigenvalue weighted by Gasteiger charge is 2.61. The molecule has 0 aromatic carbocycles. The Morgan fingerprint density at radius 3 is 2.36 bits per heavy atom. The van der Waals surface area contributed by atoms with Crippen LogP contribution in [0.1, 0.15) is 64.2 Å². The van der Waals surface area contributed by atoms with Crippen molar-refractivity contribution >= 4 is 23.6 Å². The Hall–Kier alpha value is -2.98. The number of piperidine rings is 3. The van der Waals surface area contributed by atoms with Gasteiger partial charge in [0.2, 0.25) is 17.7 Å². The number of halogens is 5. The first-order valence-corrected chi connectivity index (χ1v) is 13.4. The Bertz CT molecular complexity index is 1030. The van der Waals surface area contributed by atoms with Gasteiger partial charge in [0, 0.05) is 24.9 Å². The van der Waals surface area contributed by atoms with Gasteiger partial charge in [-0.3, -0.25) is 19.2 Å². The van der Waals surface area contributed by atoms with E-state index in [1.807, 2.05) is 6.07 Å². The summed E-state index contributed by atoms with van der Waals surface area (Å²) in [4.78, 5) is 51.9. The number of hydrogen-bond acceptors (Lipinski definition) is 5. The third-order valence-electron chi connectivity index (χ3n) is 8.51. The second-order valence-corrected chi connectivity index (χ2v) is 11.1. The number of alkyl halides is 5. The Morgan fingerprint density at radius 1 is 1.08 bits per heavy atom. The predicted octanol–water partition coefficient (Wildman–Crippen LogP) is 2.16. The van der Waals surface area contributed by atoms with Crippen molar-refractivity contribution in [1.82, 2.24) is 20.9 Å². The minimum atomic E-state index is -5.26. The number of nitrogens with one attached hydrogen (secondary N) is 3. The van der Waals surface area contributed by atoms with Gasteiger partial charge < -0.3 is 20.9 Å². The van der Waals surface area contributed by atoms with Gasteiger partial charge in [0.05, 0.1) is 12.0 Å². The van der Waals surface area contributed by atoms with E-state index in [0.29, 0.717) is 32.2 Å². The molecule has 5 fully saturated rings. The standard InChI is InChI=1S/C25H32F5N5O4/c26-24(27)11-16-6-7-17(24)19(21(37)33-15(12-31)10-14-5-2-8-32-20(14)36)35(16)22(38)18(9-13-3-1-4-13)34-23(39)25(28,29)30/h13-19H,1-11H2,(H,32,36)(H,33,37)(H,34,39)/t14-,15+,16-,17-,18+,19+/m0/s1. The number of nitrogens with zero attached hydrogens (tertiary/aromatic N) is 2. The second kappa shape index (κ2) is 11.3. The number of hydrogen-bond donors (Lipinski definition) is 3. The highest BCUT2D eigenvalue weighted by Crippen LogP contribution is 2.49. The van der Waals surface area contributed by atoms with Gasteiger partial charge in [-0.15, -0.1) is 0 Å². The zero-order valence-electron chi connectivity index (χ0n) is 21.2. The van der Waals surface area contributed by atoms with Gasteiger partial charge in [-0.2, -0.15) is 18.4 Å². The number of rotatable bonds is 8. The molecule has 2 aliphatic carbocycles. The molecule has 2 bridgehead atoms. The fraction of sp³-hybridized carbons (Fsp3) is 0.800. The van der Waals surface area contributed by atoms with E-state index >= 15 is 0 Å². The molecule has 5 aliphatic rings. The third kappa shape index (κ3) is 6.27. The minimum Gasteiger partial charge on any atom is -0.356 e. The van der Waals surface area contributed by atoms with Gasteiger partial charge in [-0.1, -0.05) is 19.3 Å². The molecule has 3 N–H and O–H groups in total. The maximum atomic E-state index is 15.0. The molecule has 3 aliphatic heterocycles. The molecule has 216 valence electrons. The normalized spacial score (nSPS) is 29.8. The molecular weight excluding hydrogens is 529 g/mol. The van der Waals surface area contributed by atoms with E-state index in [2.05, 4.69) is 10.6 Å². The lowest BCUT2D eigenvalue weighted by Crippen LogP contribution is -2.71. The van der Waals surface area contributed by atoms with Crippen LogP contribution < -0.4 is 16.0 Å². The van der Waals surface area contributed by atoms with Crippen molar-refractivity contribution in [1.29, 1.82) is 5.26 Å². The highest BCUT2D eigenvalue weighted by molar-refractivity contribution is 5.94. The average molecular weight is 562 g/mol. The molecule has 2 saturated carbocycles. The summed E-state index contributed by atoms with van der Waals surface area (Å²) in [6, 6.07) is -3.82. The smallest absolute Gasteiger partial charge is 0.356 e. The van der Waals surface area contributed by atoms with E-state index in [4.69, 9.17) is 0 Å². The minimum absolute atomic E-state index is 0.0504. The Morgan fingerprint density at radius 2 is 1.79 bits per heavy atom. The number of carbonyl (C=O) groups is 4. The van der Waals surface area contributed by atoms with Crippen molar-refractivity contribution in [2.45, 2.75) is 100 Å². The lowest BCUT2D eigenvalue weighted by Gasteiger charge is -2.54. The Balaban J connectivity index is 1.57. The van der Waals surface area contributed by atoms with Gasteiger partial charge in [0.1, 0.15) is 18.1 Å². The molecule has 0 radical (unpaired) electrons. The zero-order valence-corrected chi connectivity index (χ0v) is 21.2. The summed E-state index contributed by atoms with van der Waals surface area (Å²) in [7, 11) is 0. The fourth-order valence-electron chi connectivity index (χ4n) is 6.27. The number of carbonyl (C=O) groups excluding carboxylic acids is 4. The molecule has 0 spiro atoms. The van der Waals surface area contributed by atoms with Gasteiger partial charge in [0.15, 0.2) is 0 Å². The molecule has 3 saturated heterocycles. The molecule has 14 heteroatoms. The lowest BCUT2D eigenvalue weighted by molar-refractivity contribution is -0.196. The molecule has 0 aromatic rings. The van der Waals surface area contributed by atoms with Crippen molar-refractivity contribution in [3.05, 3.63) is 0 Å². The van der Waals surface area contributed by atoms with Crippen LogP contribution >= 0.6 is 0 Å². The molecule has 4 amide bonds. The van der Waals surface area contributed by atoms with Gasteiger partial charge in [-0.05, 0) is 44.4 Å². The monoisotopic (exact) mass is 561 g/mol. The number of nitriles is 1. The summed E-state index contributed by atoms with van der Waals surface area (Å²) in [5.41, 5.74) is 0. The van der Waals surface area contributed by atoms with Crippen LogP contribution in [-0.2, 0) is 19.2 Å². The second-order valence-electron chi connectivity index (χ2n) is 11.1. The van der Waals surface area contributed by atoms with Crippen LogP contribution in [0.5, 0.6) is 0 Å². The van der Waals surface area contributed by atoms with Crippen LogP contribution in [0.4, 0.5) is 22.0 Å². The van der Waals surface area contributed by atoms with Crippen LogP contribution in [0, 0.1) is 29.1 Å². The molecule has 3 heterocycles. The van der Waals surface area contributed by atoms with Crippen LogP contribution in [0.2, 0.25) is 0 Å². The van der Waals surface area contributed by atoms with Crippen LogP contribution in [0.15, 0.2) is 0 Å². The summed E-state index contributed by atoms with van der Waals surface area (Å²) in [5, 5.41) is 16.4. The van der Waals surface area contributed by atoms with E-state index in [9.17, 15) is 46.4 Å². The number of fused-ring (bicyclic) bond motifs is 3. The first-order chi connectivity index (χ1) is 18.3. The molecule has 9 nitrogen and oxygen atoms in total. The molecule has 39 heavy (non-hydrogen) atoms. The topological polar surface area (TPSA) is 131 Å². The van der Waals surface area contributed by atoms with E-state index in [1.165, 1.54) is 0 Å². The molecular formula is C25H32F5N5O4. The third-order valence-corrected chi connectivity index (χ3v) is 8.51. The van der Waals surface area contributed by atoms with E-state index < -0.39 is 72.2 Å². The first kappa shape index (κ1) is 29.0. The summed E-state index contributed by atoms with van der Waals surface area (Å²) in [6.45, 7) is 0.489. The van der Waals surface area contributed by atoms with E-state index in [1.54, 1.807) is 5.32 Å². The number of amides is 4. The average Bonchev–Trinajstić information content (AvgIpc) is 2.84. The largest absolute Gasteiger partial charge is 0.471 e. The van der Waals surface area contributed by atoms with Crippen LogP contribution in [0.3, 0.4) is 0 Å². The quantitative estimate of drug-likeness (QED) is 0.391. The van der Waals surface area contributed by atoms with Crippen molar-refractivity contribution < 1.29 is 41.1 Å². The van der Waals surface area contributed by atoms with Crippen molar-refractivity contribution in [2.75, 3.05) is 6.54 Å². The van der Waals surface area contributed by atoms with Crippen molar-refractivity contribution in [3.8, 4) is 6.07 Å². The van der Waals surface area contributed by atoms with Gasteiger partial charge in [0.25, 0.3) is 5.92 Å². The fourth-order valence-corrected chi connectivity index (χ4v) is 6.27. The van der Waals surface area contributed by atoms with E-state index in [-0.39, 0.29) is 37.5 Å². The predicted molar refractivity (Wildman–Crippen MR) is 125 cm³/mol. The molecule has 0 unspecified atom stereocenters. The first-order valence-electron chi connectivity index (χ1n) is 13.4. The summed E-state index contributed by atoms with van der Waals surface area (Å²) < 4.78 is 69.1. The highest BCUT2D eigenvalue weighted by atomic mass is 19.4. The summed E-state index contributed by atoms with van der Waals surface area (Å²) in [5.74, 6) is -10.2. The zero-order chi connectivity index (χ0) is 28.5. The lowest BCUT2D eigenvalue weighted by atomic mass is 9.71. The van der Waals surface area contributed by atoms with E-state index in [0.717, 1.165) is 11.3 Å². The Kier molecular flexibility index (Phi) is 8.37. The molecule has 5 rings (SSSR count). The Labute approximate surface area is 222 Å². The maximum absolute atomic E-state index is 15.0. The van der Waals surface area contributed by atoms with Gasteiger partial charge >= 0.3 is 12.1 Å². The summed E-state index contributed by atoms with van der Waals surface area (Å²) >= 11 is 0. The maximum Gasteiger partial charge on any atom is 0.471 e.